The number of methoxy groups -OCH3 is 3. The van der Waals surface area contributed by atoms with Crippen molar-refractivity contribution in [3.63, 3.8) is 0 Å². The predicted octanol–water partition coefficient (Wildman–Crippen LogP) is 3.59. The standard InChI is InChI=1S/C21H18ClN3O5/c1-27-17-9-12(4-5-16(17)30-7-6-23)8-14(22)20-24-15-11-19(29-3)18(28-2)10-13(15)21(26)25-20/h4-5,8-11H,7H2,1-3H3,(H,24,25,26)/b14-8-. The highest BCUT2D eigenvalue weighted by Crippen LogP contribution is 2.32. The molecule has 0 spiro atoms. The number of H-pyrrole nitrogens is 1. The Balaban J connectivity index is 2.02. The molecule has 0 atom stereocenters. The van der Waals surface area contributed by atoms with Gasteiger partial charge in [-0.15, -0.1) is 0 Å². The quantitative estimate of drug-likeness (QED) is 0.614. The largest absolute Gasteiger partial charge is 0.493 e. The maximum atomic E-state index is 12.5. The van der Waals surface area contributed by atoms with E-state index in [4.69, 9.17) is 35.8 Å². The molecular formula is C21H18ClN3O5. The van der Waals surface area contributed by atoms with Gasteiger partial charge in [0.1, 0.15) is 6.07 Å². The summed E-state index contributed by atoms with van der Waals surface area (Å²) in [5.41, 5.74) is 0.743. The minimum absolute atomic E-state index is 0.0944. The fourth-order valence-electron chi connectivity index (χ4n) is 2.80. The van der Waals surface area contributed by atoms with E-state index in [2.05, 4.69) is 9.97 Å². The molecule has 30 heavy (non-hydrogen) atoms. The molecule has 3 rings (SSSR count). The first-order valence-electron chi connectivity index (χ1n) is 8.72. The molecule has 3 aromatic rings. The van der Waals surface area contributed by atoms with Crippen LogP contribution < -0.4 is 24.5 Å². The van der Waals surface area contributed by atoms with E-state index in [0.717, 1.165) is 0 Å². The topological polar surface area (TPSA) is 106 Å². The number of nitrogens with zero attached hydrogens (tertiary/aromatic N) is 2. The lowest BCUT2D eigenvalue weighted by Gasteiger charge is -2.10. The lowest BCUT2D eigenvalue weighted by molar-refractivity contribution is 0.329. The summed E-state index contributed by atoms with van der Waals surface area (Å²) in [6.45, 7) is -0.0944. The van der Waals surface area contributed by atoms with Crippen LogP contribution in [0.15, 0.2) is 35.1 Å². The minimum Gasteiger partial charge on any atom is -0.493 e. The number of ether oxygens (including phenoxy) is 4. The zero-order chi connectivity index (χ0) is 21.7. The van der Waals surface area contributed by atoms with Crippen LogP contribution in [0.5, 0.6) is 23.0 Å². The molecule has 0 aliphatic heterocycles. The van der Waals surface area contributed by atoms with E-state index >= 15 is 0 Å². The SMILES string of the molecule is COc1cc2nc(/C(Cl)=C/c3ccc(OCC#N)c(OC)c3)[nH]c(=O)c2cc1OC. The lowest BCUT2D eigenvalue weighted by Crippen LogP contribution is -2.11. The molecule has 0 saturated heterocycles. The van der Waals surface area contributed by atoms with Crippen LogP contribution in [0.3, 0.4) is 0 Å². The number of nitriles is 1. The van der Waals surface area contributed by atoms with Gasteiger partial charge in [0.05, 0.1) is 37.3 Å². The van der Waals surface area contributed by atoms with E-state index in [0.29, 0.717) is 39.5 Å². The monoisotopic (exact) mass is 427 g/mol. The maximum Gasteiger partial charge on any atom is 0.259 e. The number of halogens is 1. The van der Waals surface area contributed by atoms with Crippen molar-refractivity contribution in [2.45, 2.75) is 0 Å². The Morgan fingerprint density at radius 1 is 1.10 bits per heavy atom. The number of aromatic amines is 1. The van der Waals surface area contributed by atoms with Crippen LogP contribution in [0, 0.1) is 11.3 Å². The molecule has 0 bridgehead atoms. The molecule has 0 amide bonds. The van der Waals surface area contributed by atoms with Crippen molar-refractivity contribution in [1.29, 1.82) is 5.26 Å². The molecule has 8 nitrogen and oxygen atoms in total. The molecule has 154 valence electrons. The number of nitrogens with one attached hydrogen (secondary N) is 1. The van der Waals surface area contributed by atoms with Crippen molar-refractivity contribution in [2.24, 2.45) is 0 Å². The number of benzene rings is 2. The van der Waals surface area contributed by atoms with E-state index in [-0.39, 0.29) is 23.0 Å². The molecular weight excluding hydrogens is 410 g/mol. The zero-order valence-corrected chi connectivity index (χ0v) is 17.2. The van der Waals surface area contributed by atoms with Gasteiger partial charge < -0.3 is 23.9 Å². The van der Waals surface area contributed by atoms with Gasteiger partial charge in [-0.1, -0.05) is 17.7 Å². The first-order chi connectivity index (χ1) is 14.5. The summed E-state index contributed by atoms with van der Waals surface area (Å²) < 4.78 is 21.1. The second-order valence-electron chi connectivity index (χ2n) is 5.99. The van der Waals surface area contributed by atoms with Gasteiger partial charge in [0, 0.05) is 6.07 Å². The van der Waals surface area contributed by atoms with Crippen LogP contribution in [0.25, 0.3) is 22.0 Å². The van der Waals surface area contributed by atoms with E-state index in [1.54, 1.807) is 36.4 Å². The first kappa shape index (κ1) is 21.0. The summed E-state index contributed by atoms with van der Waals surface area (Å²) in [5, 5.41) is 9.22. The summed E-state index contributed by atoms with van der Waals surface area (Å²) in [6, 6.07) is 10.2. The molecule has 1 heterocycles. The summed E-state index contributed by atoms with van der Waals surface area (Å²) in [6.07, 6.45) is 1.63. The molecule has 0 fully saturated rings. The molecule has 0 aliphatic rings. The summed E-state index contributed by atoms with van der Waals surface area (Å²) in [4.78, 5) is 19.6. The van der Waals surface area contributed by atoms with Crippen LogP contribution in [-0.2, 0) is 0 Å². The van der Waals surface area contributed by atoms with Crippen molar-refractivity contribution in [3.8, 4) is 29.1 Å². The average molecular weight is 428 g/mol. The second-order valence-corrected chi connectivity index (χ2v) is 6.40. The Morgan fingerprint density at radius 3 is 2.43 bits per heavy atom. The molecule has 9 heteroatoms. The fourth-order valence-corrected chi connectivity index (χ4v) is 3.01. The Bertz CT molecular complexity index is 1210. The van der Waals surface area contributed by atoms with Crippen LogP contribution >= 0.6 is 11.6 Å². The Hall–Kier alpha value is -3.70. The van der Waals surface area contributed by atoms with E-state index in [1.165, 1.54) is 21.3 Å². The Labute approximate surface area is 177 Å². The van der Waals surface area contributed by atoms with Gasteiger partial charge in [0.2, 0.25) is 0 Å². The predicted molar refractivity (Wildman–Crippen MR) is 113 cm³/mol. The maximum absolute atomic E-state index is 12.5. The second kappa shape index (κ2) is 9.20. The van der Waals surface area contributed by atoms with Gasteiger partial charge in [-0.25, -0.2) is 4.98 Å². The molecule has 0 unspecified atom stereocenters. The lowest BCUT2D eigenvalue weighted by atomic mass is 10.1. The number of hydrogen-bond donors (Lipinski definition) is 1. The van der Waals surface area contributed by atoms with Crippen LogP contribution in [0.4, 0.5) is 0 Å². The normalized spacial score (nSPS) is 11.1. The highest BCUT2D eigenvalue weighted by Gasteiger charge is 2.13. The summed E-state index contributed by atoms with van der Waals surface area (Å²) >= 11 is 6.42. The number of fused-ring (bicyclic) bond motifs is 1. The minimum atomic E-state index is -0.361. The molecule has 0 saturated carbocycles. The summed E-state index contributed by atoms with van der Waals surface area (Å²) in [5.74, 6) is 1.96. The molecule has 2 aromatic carbocycles. The highest BCUT2D eigenvalue weighted by molar-refractivity contribution is 6.50. The van der Waals surface area contributed by atoms with Gasteiger partial charge in [0.15, 0.2) is 35.4 Å². The highest BCUT2D eigenvalue weighted by atomic mass is 35.5. The van der Waals surface area contributed by atoms with E-state index < -0.39 is 0 Å². The van der Waals surface area contributed by atoms with Crippen molar-refractivity contribution in [2.75, 3.05) is 27.9 Å². The number of rotatable bonds is 7. The van der Waals surface area contributed by atoms with E-state index in [1.807, 2.05) is 6.07 Å². The van der Waals surface area contributed by atoms with Gasteiger partial charge in [-0.3, -0.25) is 4.79 Å². The third-order valence-corrected chi connectivity index (χ3v) is 4.50. The van der Waals surface area contributed by atoms with Crippen molar-refractivity contribution < 1.29 is 18.9 Å². The van der Waals surface area contributed by atoms with Crippen LogP contribution in [0.2, 0.25) is 0 Å². The van der Waals surface area contributed by atoms with Crippen molar-refractivity contribution in [3.05, 3.63) is 52.1 Å². The van der Waals surface area contributed by atoms with Gasteiger partial charge in [0.25, 0.3) is 5.56 Å². The van der Waals surface area contributed by atoms with Crippen molar-refractivity contribution in [1.82, 2.24) is 9.97 Å². The number of aromatic nitrogens is 2. The van der Waals surface area contributed by atoms with Crippen LogP contribution in [0.1, 0.15) is 11.4 Å². The third kappa shape index (κ3) is 4.31. The third-order valence-electron chi connectivity index (χ3n) is 4.21. The number of hydrogen-bond acceptors (Lipinski definition) is 7. The smallest absolute Gasteiger partial charge is 0.259 e. The zero-order valence-electron chi connectivity index (χ0n) is 16.5. The molecule has 1 aromatic heterocycles. The Morgan fingerprint density at radius 2 is 1.77 bits per heavy atom. The molecule has 0 aliphatic carbocycles. The summed E-state index contributed by atoms with van der Waals surface area (Å²) in [7, 11) is 4.49. The van der Waals surface area contributed by atoms with Gasteiger partial charge in [-0.05, 0) is 29.8 Å². The van der Waals surface area contributed by atoms with E-state index in [9.17, 15) is 4.79 Å². The Kier molecular flexibility index (Phi) is 6.45. The van der Waals surface area contributed by atoms with Crippen LogP contribution in [-0.4, -0.2) is 37.9 Å². The first-order valence-corrected chi connectivity index (χ1v) is 9.10. The van der Waals surface area contributed by atoms with Gasteiger partial charge in [-0.2, -0.15) is 5.26 Å². The molecule has 1 N–H and O–H groups in total. The van der Waals surface area contributed by atoms with Gasteiger partial charge >= 0.3 is 0 Å². The molecule has 0 radical (unpaired) electrons. The average Bonchev–Trinajstić information content (AvgIpc) is 2.76. The fraction of sp³-hybridized carbons (Fsp3) is 0.190. The van der Waals surface area contributed by atoms with Crippen molar-refractivity contribution >= 4 is 33.6 Å².